The Morgan fingerprint density at radius 2 is 1.50 bits per heavy atom. The van der Waals surface area contributed by atoms with Crippen LogP contribution in [0.3, 0.4) is 0 Å². The molecule has 22 heavy (non-hydrogen) atoms. The van der Waals surface area contributed by atoms with E-state index in [2.05, 4.69) is 5.32 Å². The SMILES string of the molecule is CC(=O)O[C@@H](c1ccccc1)[C@H](C)NC(=O)c1ccccc1. The molecule has 0 bridgehead atoms. The highest BCUT2D eigenvalue weighted by atomic mass is 16.5. The quantitative estimate of drug-likeness (QED) is 0.863. The zero-order chi connectivity index (χ0) is 15.9. The van der Waals surface area contributed by atoms with Crippen LogP contribution in [0.2, 0.25) is 0 Å². The fourth-order valence-corrected chi connectivity index (χ4v) is 2.24. The van der Waals surface area contributed by atoms with Crippen LogP contribution in [-0.4, -0.2) is 17.9 Å². The number of hydrogen-bond donors (Lipinski definition) is 1. The van der Waals surface area contributed by atoms with E-state index in [1.165, 1.54) is 6.92 Å². The number of benzene rings is 2. The summed E-state index contributed by atoms with van der Waals surface area (Å²) in [6.45, 7) is 3.18. The van der Waals surface area contributed by atoms with Crippen molar-refractivity contribution in [2.45, 2.75) is 26.0 Å². The summed E-state index contributed by atoms with van der Waals surface area (Å²) in [5, 5.41) is 2.88. The van der Waals surface area contributed by atoms with Crippen molar-refractivity contribution in [2.75, 3.05) is 0 Å². The summed E-state index contributed by atoms with van der Waals surface area (Å²) in [6, 6.07) is 18.0. The summed E-state index contributed by atoms with van der Waals surface area (Å²) >= 11 is 0. The number of nitrogens with one attached hydrogen (secondary N) is 1. The molecule has 114 valence electrons. The molecule has 2 aromatic carbocycles. The molecule has 2 rings (SSSR count). The molecular formula is C18H19NO3. The highest BCUT2D eigenvalue weighted by molar-refractivity contribution is 5.94. The van der Waals surface area contributed by atoms with Crippen LogP contribution in [0.15, 0.2) is 60.7 Å². The molecule has 0 aliphatic carbocycles. The van der Waals surface area contributed by atoms with Gasteiger partial charge in [0.15, 0.2) is 0 Å². The normalized spacial score (nSPS) is 13.0. The standard InChI is InChI=1S/C18H19NO3/c1-13(19-18(21)16-11-7-4-8-12-16)17(22-14(2)20)15-9-5-3-6-10-15/h3-13,17H,1-2H3,(H,19,21)/t13-,17+/m0/s1. The molecule has 2 aromatic rings. The predicted molar refractivity (Wildman–Crippen MR) is 84.3 cm³/mol. The summed E-state index contributed by atoms with van der Waals surface area (Å²) in [5.41, 5.74) is 1.42. The van der Waals surface area contributed by atoms with E-state index >= 15 is 0 Å². The molecule has 0 fully saturated rings. The van der Waals surface area contributed by atoms with Gasteiger partial charge in [-0.25, -0.2) is 0 Å². The molecule has 0 radical (unpaired) electrons. The fourth-order valence-electron chi connectivity index (χ4n) is 2.24. The van der Waals surface area contributed by atoms with E-state index < -0.39 is 6.10 Å². The van der Waals surface area contributed by atoms with Crippen molar-refractivity contribution in [3.05, 3.63) is 71.8 Å². The minimum absolute atomic E-state index is 0.193. The van der Waals surface area contributed by atoms with Crippen molar-refractivity contribution >= 4 is 11.9 Å². The van der Waals surface area contributed by atoms with Gasteiger partial charge in [-0.2, -0.15) is 0 Å². The Balaban J connectivity index is 2.14. The molecule has 0 unspecified atom stereocenters. The second-order valence-corrected chi connectivity index (χ2v) is 5.07. The van der Waals surface area contributed by atoms with Gasteiger partial charge in [-0.15, -0.1) is 0 Å². The lowest BCUT2D eigenvalue weighted by Gasteiger charge is -2.25. The molecule has 0 aliphatic heterocycles. The molecule has 1 amide bonds. The number of esters is 1. The fraction of sp³-hybridized carbons (Fsp3) is 0.222. The van der Waals surface area contributed by atoms with Crippen LogP contribution in [0.25, 0.3) is 0 Å². The maximum atomic E-state index is 12.2. The van der Waals surface area contributed by atoms with Gasteiger partial charge in [0.2, 0.25) is 0 Å². The average molecular weight is 297 g/mol. The molecule has 4 nitrogen and oxygen atoms in total. The Labute approximate surface area is 130 Å². The van der Waals surface area contributed by atoms with Crippen molar-refractivity contribution < 1.29 is 14.3 Å². The van der Waals surface area contributed by atoms with Gasteiger partial charge >= 0.3 is 5.97 Å². The van der Waals surface area contributed by atoms with Crippen LogP contribution in [0.1, 0.15) is 35.9 Å². The smallest absolute Gasteiger partial charge is 0.303 e. The van der Waals surface area contributed by atoms with Gasteiger partial charge in [0.25, 0.3) is 5.91 Å². The summed E-state index contributed by atoms with van der Waals surface area (Å²) in [6.07, 6.45) is -0.522. The van der Waals surface area contributed by atoms with E-state index in [1.807, 2.05) is 43.3 Å². The Kier molecular flexibility index (Phi) is 5.31. The molecular weight excluding hydrogens is 278 g/mol. The maximum Gasteiger partial charge on any atom is 0.303 e. The Hall–Kier alpha value is -2.62. The van der Waals surface area contributed by atoms with Crippen LogP contribution in [0, 0.1) is 0 Å². The second kappa shape index (κ2) is 7.41. The number of rotatable bonds is 5. The van der Waals surface area contributed by atoms with Gasteiger partial charge in [0.05, 0.1) is 6.04 Å². The van der Waals surface area contributed by atoms with Crippen molar-refractivity contribution in [1.29, 1.82) is 0 Å². The lowest BCUT2D eigenvalue weighted by Crippen LogP contribution is -2.38. The number of carbonyl (C=O) groups excluding carboxylic acids is 2. The topological polar surface area (TPSA) is 55.4 Å². The van der Waals surface area contributed by atoms with Crippen molar-refractivity contribution in [3.8, 4) is 0 Å². The van der Waals surface area contributed by atoms with Crippen LogP contribution >= 0.6 is 0 Å². The van der Waals surface area contributed by atoms with Crippen LogP contribution in [0.4, 0.5) is 0 Å². The third-order valence-corrected chi connectivity index (χ3v) is 3.27. The highest BCUT2D eigenvalue weighted by Crippen LogP contribution is 2.21. The van der Waals surface area contributed by atoms with Gasteiger partial charge in [-0.05, 0) is 24.6 Å². The minimum Gasteiger partial charge on any atom is -0.455 e. The largest absolute Gasteiger partial charge is 0.455 e. The van der Waals surface area contributed by atoms with Crippen molar-refractivity contribution in [1.82, 2.24) is 5.32 Å². The van der Waals surface area contributed by atoms with Gasteiger partial charge in [0, 0.05) is 12.5 Å². The zero-order valence-corrected chi connectivity index (χ0v) is 12.7. The molecule has 0 saturated carbocycles. The van der Waals surface area contributed by atoms with Gasteiger partial charge in [-0.1, -0.05) is 48.5 Å². The number of ether oxygens (including phenoxy) is 1. The zero-order valence-electron chi connectivity index (χ0n) is 12.7. The maximum absolute atomic E-state index is 12.2. The number of amides is 1. The molecule has 1 N–H and O–H groups in total. The average Bonchev–Trinajstić information content (AvgIpc) is 2.54. The lowest BCUT2D eigenvalue weighted by molar-refractivity contribution is -0.148. The third kappa shape index (κ3) is 4.19. The molecule has 0 aliphatic rings. The van der Waals surface area contributed by atoms with Crippen LogP contribution < -0.4 is 5.32 Å². The Bertz CT molecular complexity index is 625. The first-order chi connectivity index (χ1) is 10.6. The molecule has 0 spiro atoms. The molecule has 4 heteroatoms. The van der Waals surface area contributed by atoms with Crippen LogP contribution in [-0.2, 0) is 9.53 Å². The molecule has 0 saturated heterocycles. The summed E-state index contributed by atoms with van der Waals surface area (Å²) in [7, 11) is 0. The number of carbonyl (C=O) groups is 2. The molecule has 2 atom stereocenters. The van der Waals surface area contributed by atoms with E-state index in [0.717, 1.165) is 5.56 Å². The summed E-state index contributed by atoms with van der Waals surface area (Å²) in [4.78, 5) is 23.6. The van der Waals surface area contributed by atoms with E-state index in [9.17, 15) is 9.59 Å². The first kappa shape index (κ1) is 15.8. The van der Waals surface area contributed by atoms with Crippen molar-refractivity contribution in [2.24, 2.45) is 0 Å². The van der Waals surface area contributed by atoms with E-state index in [-0.39, 0.29) is 17.9 Å². The van der Waals surface area contributed by atoms with Gasteiger partial charge in [-0.3, -0.25) is 9.59 Å². The third-order valence-electron chi connectivity index (χ3n) is 3.27. The van der Waals surface area contributed by atoms with E-state index in [1.54, 1.807) is 24.3 Å². The Morgan fingerprint density at radius 3 is 2.05 bits per heavy atom. The van der Waals surface area contributed by atoms with Crippen LogP contribution in [0.5, 0.6) is 0 Å². The Morgan fingerprint density at radius 1 is 0.955 bits per heavy atom. The minimum atomic E-state index is -0.522. The monoisotopic (exact) mass is 297 g/mol. The highest BCUT2D eigenvalue weighted by Gasteiger charge is 2.24. The van der Waals surface area contributed by atoms with E-state index in [0.29, 0.717) is 5.56 Å². The number of hydrogen-bond acceptors (Lipinski definition) is 3. The molecule has 0 aromatic heterocycles. The summed E-state index contributed by atoms with van der Waals surface area (Å²) < 4.78 is 5.38. The van der Waals surface area contributed by atoms with E-state index in [4.69, 9.17) is 4.74 Å². The molecule has 0 heterocycles. The first-order valence-electron chi connectivity index (χ1n) is 7.16. The first-order valence-corrected chi connectivity index (χ1v) is 7.16. The second-order valence-electron chi connectivity index (χ2n) is 5.07. The lowest BCUT2D eigenvalue weighted by atomic mass is 10.0. The van der Waals surface area contributed by atoms with Gasteiger partial charge in [0.1, 0.15) is 6.10 Å². The predicted octanol–water partition coefficient (Wildman–Crippen LogP) is 3.11. The summed E-state index contributed by atoms with van der Waals surface area (Å²) in [5.74, 6) is -0.573. The van der Waals surface area contributed by atoms with Gasteiger partial charge < -0.3 is 10.1 Å². The van der Waals surface area contributed by atoms with Crippen molar-refractivity contribution in [3.63, 3.8) is 0 Å².